The summed E-state index contributed by atoms with van der Waals surface area (Å²) in [6.07, 6.45) is 5.04. The Morgan fingerprint density at radius 3 is 2.36 bits per heavy atom. The molecule has 0 aromatic heterocycles. The largest absolute Gasteiger partial charge is 0.481 e. The van der Waals surface area contributed by atoms with Crippen LogP contribution < -0.4 is 5.32 Å². The molecule has 0 fully saturated rings. The maximum atomic E-state index is 11.3. The van der Waals surface area contributed by atoms with E-state index >= 15 is 0 Å². The lowest BCUT2D eigenvalue weighted by molar-refractivity contribution is 0.191. The number of benzene rings is 1. The second kappa shape index (κ2) is 11.3. The number of phosphoric acid groups is 2. The maximum Gasteiger partial charge on any atom is 0.481 e. The van der Waals surface area contributed by atoms with Crippen LogP contribution in [0.2, 0.25) is 0 Å². The van der Waals surface area contributed by atoms with Crippen LogP contribution in [0.3, 0.4) is 0 Å². The van der Waals surface area contributed by atoms with Crippen LogP contribution in [0.4, 0.5) is 5.69 Å². The van der Waals surface area contributed by atoms with Crippen molar-refractivity contribution < 1.29 is 32.6 Å². The van der Waals surface area contributed by atoms with Crippen molar-refractivity contribution in [2.24, 2.45) is 0 Å². The number of hydrogen-bond acceptors (Lipinski definition) is 6. The highest BCUT2D eigenvalue weighted by molar-refractivity contribution is 7.60. The SMILES string of the molecule is C/C(=C\COP(=O)(O)OP(=O)(O)O)CC/C=C(\C)CNc1ccc(C#N)cc1. The summed E-state index contributed by atoms with van der Waals surface area (Å²) in [7, 11) is -9.90. The van der Waals surface area contributed by atoms with Crippen molar-refractivity contribution >= 4 is 21.3 Å². The van der Waals surface area contributed by atoms with Gasteiger partial charge < -0.3 is 20.0 Å². The molecule has 28 heavy (non-hydrogen) atoms. The Kier molecular flexibility index (Phi) is 9.80. The molecule has 0 aliphatic heterocycles. The molecule has 4 N–H and O–H groups in total. The molecule has 0 amide bonds. The van der Waals surface area contributed by atoms with Crippen molar-refractivity contribution in [3.8, 4) is 6.07 Å². The number of hydrogen-bond donors (Lipinski definition) is 4. The average molecular weight is 430 g/mol. The maximum absolute atomic E-state index is 11.3. The van der Waals surface area contributed by atoms with Crippen LogP contribution in [0.15, 0.2) is 47.6 Å². The minimum Gasteiger partial charge on any atom is -0.381 e. The fraction of sp³-hybridized carbons (Fsp3) is 0.353. The van der Waals surface area contributed by atoms with Crippen LogP contribution in [0, 0.1) is 11.3 Å². The zero-order valence-corrected chi connectivity index (χ0v) is 17.4. The van der Waals surface area contributed by atoms with E-state index < -0.39 is 15.6 Å². The number of anilines is 1. The summed E-state index contributed by atoms with van der Waals surface area (Å²) in [5.74, 6) is 0. The van der Waals surface area contributed by atoms with Crippen LogP contribution in [0.1, 0.15) is 32.3 Å². The minimum atomic E-state index is -5.10. The summed E-state index contributed by atoms with van der Waals surface area (Å²) in [6, 6.07) is 9.24. The summed E-state index contributed by atoms with van der Waals surface area (Å²) in [5.41, 5.74) is 3.55. The number of phosphoric ester groups is 1. The molecule has 0 saturated carbocycles. The van der Waals surface area contributed by atoms with Gasteiger partial charge in [-0.05, 0) is 51.0 Å². The number of nitrogens with one attached hydrogen (secondary N) is 1. The monoisotopic (exact) mass is 430 g/mol. The molecule has 1 unspecified atom stereocenters. The fourth-order valence-electron chi connectivity index (χ4n) is 2.06. The first-order valence-corrected chi connectivity index (χ1v) is 11.3. The lowest BCUT2D eigenvalue weighted by Gasteiger charge is -2.11. The number of allylic oxidation sites excluding steroid dienone is 2. The van der Waals surface area contributed by atoms with Gasteiger partial charge in [-0.2, -0.15) is 9.57 Å². The van der Waals surface area contributed by atoms with Gasteiger partial charge in [0, 0.05) is 12.2 Å². The van der Waals surface area contributed by atoms with E-state index in [0.29, 0.717) is 18.5 Å². The molecule has 11 heteroatoms. The topological polar surface area (TPSA) is 149 Å². The van der Waals surface area contributed by atoms with Crippen molar-refractivity contribution in [2.45, 2.75) is 26.7 Å². The van der Waals surface area contributed by atoms with Crippen LogP contribution in [-0.2, 0) is 18.0 Å². The van der Waals surface area contributed by atoms with Gasteiger partial charge in [0.1, 0.15) is 0 Å². The summed E-state index contributed by atoms with van der Waals surface area (Å²) in [4.78, 5) is 26.2. The van der Waals surface area contributed by atoms with Gasteiger partial charge in [0.15, 0.2) is 0 Å². The third kappa shape index (κ3) is 11.2. The Morgan fingerprint density at radius 2 is 1.79 bits per heavy atom. The molecule has 0 radical (unpaired) electrons. The molecule has 0 aliphatic rings. The second-order valence-electron chi connectivity index (χ2n) is 6.02. The van der Waals surface area contributed by atoms with Crippen molar-refractivity contribution in [3.63, 3.8) is 0 Å². The zero-order chi connectivity index (χ0) is 21.2. The normalized spacial score (nSPS) is 15.0. The van der Waals surface area contributed by atoms with Crippen LogP contribution in [-0.4, -0.2) is 27.8 Å². The van der Waals surface area contributed by atoms with Gasteiger partial charge in [-0.1, -0.05) is 23.3 Å². The Hall–Kier alpha value is -1.75. The molecule has 0 saturated heterocycles. The molecule has 1 atom stereocenters. The van der Waals surface area contributed by atoms with Crippen molar-refractivity contribution in [1.29, 1.82) is 5.26 Å². The van der Waals surface area contributed by atoms with Gasteiger partial charge >= 0.3 is 15.6 Å². The first kappa shape index (κ1) is 24.3. The fourth-order valence-corrected chi connectivity index (χ4v) is 3.58. The molecular formula is C17H24N2O7P2. The molecule has 0 aliphatic carbocycles. The Morgan fingerprint density at radius 1 is 1.14 bits per heavy atom. The number of nitriles is 1. The van der Waals surface area contributed by atoms with Crippen LogP contribution in [0.5, 0.6) is 0 Å². The smallest absolute Gasteiger partial charge is 0.381 e. The van der Waals surface area contributed by atoms with Gasteiger partial charge in [-0.3, -0.25) is 4.52 Å². The third-order valence-corrected chi connectivity index (χ3v) is 5.65. The van der Waals surface area contributed by atoms with Gasteiger partial charge in [0.2, 0.25) is 0 Å². The molecule has 0 bridgehead atoms. The van der Waals surface area contributed by atoms with E-state index in [4.69, 9.17) is 19.9 Å². The van der Waals surface area contributed by atoms with E-state index in [1.54, 1.807) is 18.2 Å². The predicted molar refractivity (Wildman–Crippen MR) is 105 cm³/mol. The summed E-state index contributed by atoms with van der Waals surface area (Å²) >= 11 is 0. The van der Waals surface area contributed by atoms with E-state index in [2.05, 4.69) is 26.3 Å². The van der Waals surface area contributed by atoms with E-state index in [9.17, 15) is 9.13 Å². The molecule has 1 aromatic rings. The predicted octanol–water partition coefficient (Wildman–Crippen LogP) is 3.87. The highest BCUT2D eigenvalue weighted by Gasteiger charge is 2.31. The number of rotatable bonds is 11. The molecular weight excluding hydrogens is 406 g/mol. The summed E-state index contributed by atoms with van der Waals surface area (Å²) < 4.78 is 30.0. The van der Waals surface area contributed by atoms with Crippen molar-refractivity contribution in [1.82, 2.24) is 0 Å². The van der Waals surface area contributed by atoms with Gasteiger partial charge in [0.05, 0.1) is 18.2 Å². The van der Waals surface area contributed by atoms with E-state index in [1.807, 2.05) is 26.0 Å². The highest BCUT2D eigenvalue weighted by atomic mass is 31.3. The standard InChI is InChI=1S/C17H24N2O7P2/c1-14(10-11-25-28(23,24)26-27(20,21)22)4-3-5-15(2)13-19-17-8-6-16(12-18)7-9-17/h5-10,19H,3-4,11,13H2,1-2H3,(H,23,24)(H2,20,21,22)/b14-10+,15-5+. The minimum absolute atomic E-state index is 0.303. The highest BCUT2D eigenvalue weighted by Crippen LogP contribution is 2.57. The van der Waals surface area contributed by atoms with E-state index in [1.165, 1.54) is 0 Å². The first-order chi connectivity index (χ1) is 13.0. The van der Waals surface area contributed by atoms with Gasteiger partial charge in [0.25, 0.3) is 0 Å². The first-order valence-electron chi connectivity index (χ1n) is 8.30. The number of nitrogens with zero attached hydrogens (tertiary/aromatic N) is 1. The van der Waals surface area contributed by atoms with Crippen LogP contribution >= 0.6 is 15.6 Å². The summed E-state index contributed by atoms with van der Waals surface area (Å²) in [5, 5.41) is 12.0. The zero-order valence-electron chi connectivity index (χ0n) is 15.6. The van der Waals surface area contributed by atoms with Crippen molar-refractivity contribution in [2.75, 3.05) is 18.5 Å². The second-order valence-corrected chi connectivity index (χ2v) is 8.85. The molecule has 1 aromatic carbocycles. The Bertz CT molecular complexity index is 838. The lowest BCUT2D eigenvalue weighted by Crippen LogP contribution is -2.02. The van der Waals surface area contributed by atoms with E-state index in [0.717, 1.165) is 23.3 Å². The molecule has 0 spiro atoms. The van der Waals surface area contributed by atoms with E-state index in [-0.39, 0.29) is 6.61 Å². The quantitative estimate of drug-likeness (QED) is 0.303. The third-order valence-electron chi connectivity index (χ3n) is 3.50. The van der Waals surface area contributed by atoms with Crippen LogP contribution in [0.25, 0.3) is 0 Å². The average Bonchev–Trinajstić information content (AvgIpc) is 2.58. The Balaban J connectivity index is 2.35. The molecule has 1 rings (SSSR count). The molecule has 154 valence electrons. The van der Waals surface area contributed by atoms with Gasteiger partial charge in [-0.25, -0.2) is 9.13 Å². The Labute approximate surface area is 164 Å². The van der Waals surface area contributed by atoms with Gasteiger partial charge in [-0.15, -0.1) is 0 Å². The molecule has 0 heterocycles. The lowest BCUT2D eigenvalue weighted by atomic mass is 10.1. The van der Waals surface area contributed by atoms with Crippen molar-refractivity contribution in [3.05, 3.63) is 53.1 Å². The summed E-state index contributed by atoms with van der Waals surface area (Å²) in [6.45, 7) is 4.15. The molecule has 9 nitrogen and oxygen atoms in total.